The van der Waals surface area contributed by atoms with E-state index >= 15 is 0 Å². The van der Waals surface area contributed by atoms with Crippen molar-refractivity contribution in [3.05, 3.63) is 95.0 Å². The molecule has 6 nitrogen and oxygen atoms in total. The van der Waals surface area contributed by atoms with Crippen LogP contribution in [-0.4, -0.2) is 38.0 Å². The fourth-order valence-corrected chi connectivity index (χ4v) is 7.63. The third-order valence-corrected chi connectivity index (χ3v) is 10.5. The molecule has 1 heterocycles. The Morgan fingerprint density at radius 3 is 2.11 bits per heavy atom. The quantitative estimate of drug-likeness (QED) is 0.395. The molecule has 1 fully saturated rings. The summed E-state index contributed by atoms with van der Waals surface area (Å²) in [5.41, 5.74) is 1.52. The standard InChI is InChI=1S/C26H29ClN2O4S2/c1-21-9-7-8-18-29(21)35(32,33)25-16-14-24(15-17-25)34(30,31)28(19-22-10-3-2-4-11-22)20-23-12-5-6-13-26(23)27/h2-6,10-17,21H,7-9,18-20H2,1H3. The van der Waals surface area contributed by atoms with Crippen molar-refractivity contribution in [2.45, 2.75) is 55.1 Å². The largest absolute Gasteiger partial charge is 0.243 e. The highest BCUT2D eigenvalue weighted by Crippen LogP contribution is 2.28. The topological polar surface area (TPSA) is 74.8 Å². The molecule has 0 saturated carbocycles. The molecule has 1 atom stereocenters. The van der Waals surface area contributed by atoms with Gasteiger partial charge in [-0.2, -0.15) is 8.61 Å². The lowest BCUT2D eigenvalue weighted by Gasteiger charge is -2.32. The zero-order valence-corrected chi connectivity index (χ0v) is 21.9. The van der Waals surface area contributed by atoms with Gasteiger partial charge in [0.15, 0.2) is 0 Å². The van der Waals surface area contributed by atoms with Gasteiger partial charge in [-0.3, -0.25) is 0 Å². The van der Waals surface area contributed by atoms with E-state index in [2.05, 4.69) is 0 Å². The number of rotatable bonds is 8. The lowest BCUT2D eigenvalue weighted by Crippen LogP contribution is -2.41. The minimum absolute atomic E-state index is 0.0335. The molecule has 0 N–H and O–H groups in total. The second kappa shape index (κ2) is 10.8. The van der Waals surface area contributed by atoms with Gasteiger partial charge in [-0.15, -0.1) is 0 Å². The third kappa shape index (κ3) is 5.78. The van der Waals surface area contributed by atoms with E-state index in [1.165, 1.54) is 32.9 Å². The molecule has 1 aliphatic heterocycles. The van der Waals surface area contributed by atoms with Crippen LogP contribution in [0.25, 0.3) is 0 Å². The average molecular weight is 533 g/mol. The molecule has 0 aromatic heterocycles. The van der Waals surface area contributed by atoms with Crippen LogP contribution in [0.3, 0.4) is 0 Å². The Hall–Kier alpha value is -2.23. The molecule has 3 aromatic rings. The third-order valence-electron chi connectivity index (χ3n) is 6.32. The van der Waals surface area contributed by atoms with E-state index in [1.54, 1.807) is 18.2 Å². The maximum Gasteiger partial charge on any atom is 0.243 e. The van der Waals surface area contributed by atoms with Gasteiger partial charge in [0.25, 0.3) is 0 Å². The van der Waals surface area contributed by atoms with Crippen LogP contribution >= 0.6 is 11.6 Å². The molecule has 0 bridgehead atoms. The molecule has 0 spiro atoms. The average Bonchev–Trinajstić information content (AvgIpc) is 2.86. The Labute approximate surface area is 213 Å². The van der Waals surface area contributed by atoms with Gasteiger partial charge in [0.1, 0.15) is 0 Å². The lowest BCUT2D eigenvalue weighted by atomic mass is 10.1. The predicted octanol–water partition coefficient (Wildman–Crippen LogP) is 5.29. The molecule has 9 heteroatoms. The summed E-state index contributed by atoms with van der Waals surface area (Å²) in [5, 5.41) is 0.484. The normalized spacial score (nSPS) is 17.5. The van der Waals surface area contributed by atoms with Crippen molar-refractivity contribution < 1.29 is 16.8 Å². The van der Waals surface area contributed by atoms with Gasteiger partial charge in [0, 0.05) is 30.7 Å². The number of hydrogen-bond donors (Lipinski definition) is 0. The summed E-state index contributed by atoms with van der Waals surface area (Å²) in [4.78, 5) is 0.136. The Morgan fingerprint density at radius 2 is 1.46 bits per heavy atom. The highest BCUT2D eigenvalue weighted by Gasteiger charge is 2.32. The van der Waals surface area contributed by atoms with E-state index in [-0.39, 0.29) is 28.9 Å². The Kier molecular flexibility index (Phi) is 7.98. The highest BCUT2D eigenvalue weighted by molar-refractivity contribution is 7.89. The number of benzene rings is 3. The molecule has 35 heavy (non-hydrogen) atoms. The van der Waals surface area contributed by atoms with Crippen molar-refractivity contribution in [3.63, 3.8) is 0 Å². The van der Waals surface area contributed by atoms with E-state index in [0.717, 1.165) is 24.8 Å². The van der Waals surface area contributed by atoms with E-state index in [4.69, 9.17) is 11.6 Å². The van der Waals surface area contributed by atoms with Crippen LogP contribution in [0.1, 0.15) is 37.3 Å². The van der Waals surface area contributed by atoms with Gasteiger partial charge in [-0.1, -0.05) is 66.6 Å². The summed E-state index contributed by atoms with van der Waals surface area (Å²) in [6.07, 6.45) is 2.65. The first-order valence-corrected chi connectivity index (χ1v) is 14.8. The fraction of sp³-hybridized carbons (Fsp3) is 0.308. The monoisotopic (exact) mass is 532 g/mol. The van der Waals surface area contributed by atoms with E-state index in [1.807, 2.05) is 43.3 Å². The molecule has 1 saturated heterocycles. The summed E-state index contributed by atoms with van der Waals surface area (Å²) in [7, 11) is -7.63. The summed E-state index contributed by atoms with van der Waals surface area (Å²) in [6.45, 7) is 2.62. The second-order valence-corrected chi connectivity index (χ2v) is 13.0. The maximum absolute atomic E-state index is 13.7. The van der Waals surface area contributed by atoms with Crippen LogP contribution < -0.4 is 0 Å². The first kappa shape index (κ1) is 25.9. The van der Waals surface area contributed by atoms with Gasteiger partial charge in [0.2, 0.25) is 20.0 Å². The second-order valence-electron chi connectivity index (χ2n) is 8.78. The molecule has 0 radical (unpaired) electrons. The van der Waals surface area contributed by atoms with Crippen molar-refractivity contribution in [1.82, 2.24) is 8.61 Å². The summed E-state index contributed by atoms with van der Waals surface area (Å²) >= 11 is 6.33. The lowest BCUT2D eigenvalue weighted by molar-refractivity contribution is 0.268. The predicted molar refractivity (Wildman–Crippen MR) is 138 cm³/mol. The van der Waals surface area contributed by atoms with Crippen molar-refractivity contribution >= 4 is 31.6 Å². The minimum atomic E-state index is -3.95. The van der Waals surface area contributed by atoms with Gasteiger partial charge < -0.3 is 0 Å². The van der Waals surface area contributed by atoms with Gasteiger partial charge in [0.05, 0.1) is 9.79 Å². The Balaban J connectivity index is 1.65. The van der Waals surface area contributed by atoms with Crippen LogP contribution in [0.2, 0.25) is 5.02 Å². The summed E-state index contributed by atoms with van der Waals surface area (Å²) in [6, 6.07) is 21.9. The first-order chi connectivity index (χ1) is 16.7. The van der Waals surface area contributed by atoms with Gasteiger partial charge in [-0.25, -0.2) is 16.8 Å². The van der Waals surface area contributed by atoms with Crippen LogP contribution in [0.15, 0.2) is 88.7 Å². The van der Waals surface area contributed by atoms with Crippen molar-refractivity contribution in [3.8, 4) is 0 Å². The maximum atomic E-state index is 13.7. The fourth-order valence-electron chi connectivity index (χ4n) is 4.33. The number of hydrogen-bond acceptors (Lipinski definition) is 4. The molecular formula is C26H29ClN2O4S2. The van der Waals surface area contributed by atoms with Crippen molar-refractivity contribution in [1.29, 1.82) is 0 Å². The molecule has 1 aliphatic rings. The van der Waals surface area contributed by atoms with Crippen LogP contribution in [0.4, 0.5) is 0 Å². The SMILES string of the molecule is CC1CCCCN1S(=O)(=O)c1ccc(S(=O)(=O)N(Cc2ccccc2)Cc2ccccc2Cl)cc1. The zero-order chi connectivity index (χ0) is 25.1. The molecular weight excluding hydrogens is 504 g/mol. The van der Waals surface area contributed by atoms with E-state index in [0.29, 0.717) is 17.1 Å². The molecule has 3 aromatic carbocycles. The van der Waals surface area contributed by atoms with Crippen LogP contribution in [0.5, 0.6) is 0 Å². The summed E-state index contributed by atoms with van der Waals surface area (Å²) < 4.78 is 56.6. The van der Waals surface area contributed by atoms with Crippen molar-refractivity contribution in [2.75, 3.05) is 6.54 Å². The molecule has 0 aliphatic carbocycles. The molecule has 1 unspecified atom stereocenters. The first-order valence-electron chi connectivity index (χ1n) is 11.6. The van der Waals surface area contributed by atoms with Crippen LogP contribution in [-0.2, 0) is 33.1 Å². The molecule has 0 amide bonds. The van der Waals surface area contributed by atoms with E-state index < -0.39 is 20.0 Å². The molecule has 186 valence electrons. The Bertz CT molecular complexity index is 1360. The van der Waals surface area contributed by atoms with Crippen molar-refractivity contribution in [2.24, 2.45) is 0 Å². The van der Waals surface area contributed by atoms with Gasteiger partial charge in [-0.05, 0) is 61.2 Å². The number of piperidine rings is 1. The number of nitrogens with zero attached hydrogens (tertiary/aromatic N) is 2. The number of halogens is 1. The summed E-state index contributed by atoms with van der Waals surface area (Å²) in [5.74, 6) is 0. The smallest absolute Gasteiger partial charge is 0.207 e. The zero-order valence-electron chi connectivity index (χ0n) is 19.5. The van der Waals surface area contributed by atoms with Crippen LogP contribution in [0, 0.1) is 0 Å². The van der Waals surface area contributed by atoms with E-state index in [9.17, 15) is 16.8 Å². The van der Waals surface area contributed by atoms with Gasteiger partial charge >= 0.3 is 0 Å². The number of sulfonamides is 2. The highest BCUT2D eigenvalue weighted by atomic mass is 35.5. The Morgan fingerprint density at radius 1 is 0.829 bits per heavy atom. The minimum Gasteiger partial charge on any atom is -0.207 e. The molecule has 4 rings (SSSR count).